The predicted molar refractivity (Wildman–Crippen MR) is 116 cm³/mol. The fraction of sp³-hybridized carbons (Fsp3) is 0.409. The number of piperidine rings is 1. The number of rotatable bonds is 7. The number of methoxy groups -OCH3 is 2. The average Bonchev–Trinajstić information content (AvgIpc) is 2.78. The summed E-state index contributed by atoms with van der Waals surface area (Å²) in [6.45, 7) is 2.71. The van der Waals surface area contributed by atoms with Crippen molar-refractivity contribution in [3.8, 4) is 11.5 Å². The summed E-state index contributed by atoms with van der Waals surface area (Å²) in [6.07, 6.45) is 0.446. The van der Waals surface area contributed by atoms with E-state index in [0.717, 1.165) is 11.1 Å². The topological polar surface area (TPSA) is 105 Å². The van der Waals surface area contributed by atoms with Crippen LogP contribution in [0.25, 0.3) is 0 Å². The molecule has 0 spiro atoms. The highest BCUT2D eigenvalue weighted by Crippen LogP contribution is 2.29. The van der Waals surface area contributed by atoms with Gasteiger partial charge < -0.3 is 19.9 Å². The number of carbonyl (C=O) groups excluding carboxylic acids is 1. The lowest BCUT2D eigenvalue weighted by Gasteiger charge is -2.28. The number of ether oxygens (including phenoxy) is 2. The third-order valence-electron chi connectivity index (χ3n) is 5.45. The van der Waals surface area contributed by atoms with Crippen molar-refractivity contribution in [2.75, 3.05) is 27.3 Å². The number of nitrogens with one attached hydrogen (secondary N) is 1. The molecule has 1 heterocycles. The molecule has 1 amide bonds. The van der Waals surface area contributed by atoms with Crippen LogP contribution in [0.15, 0.2) is 41.3 Å². The Hall–Kier alpha value is -2.62. The number of sulfonamides is 1. The van der Waals surface area contributed by atoms with Crippen LogP contribution in [0.2, 0.25) is 0 Å². The van der Waals surface area contributed by atoms with E-state index in [1.54, 1.807) is 36.4 Å². The van der Waals surface area contributed by atoms with Gasteiger partial charge in [0.15, 0.2) is 0 Å². The second-order valence-corrected chi connectivity index (χ2v) is 9.41. The second-order valence-electron chi connectivity index (χ2n) is 7.47. The van der Waals surface area contributed by atoms with Crippen LogP contribution in [0.5, 0.6) is 11.5 Å². The lowest BCUT2D eigenvalue weighted by atomic mass is 10.1. The summed E-state index contributed by atoms with van der Waals surface area (Å²) in [6, 6.07) is 9.75. The maximum atomic E-state index is 12.8. The van der Waals surface area contributed by atoms with Crippen molar-refractivity contribution in [2.24, 2.45) is 0 Å². The molecule has 0 radical (unpaired) electrons. The molecule has 0 aromatic heterocycles. The molecule has 2 aromatic carbocycles. The number of amides is 1. The molecule has 0 bridgehead atoms. The highest BCUT2D eigenvalue weighted by molar-refractivity contribution is 7.89. The number of aliphatic hydroxyl groups excluding tert-OH is 1. The van der Waals surface area contributed by atoms with Crippen molar-refractivity contribution < 1.29 is 27.8 Å². The predicted octanol–water partition coefficient (Wildman–Crippen LogP) is 2.09. The van der Waals surface area contributed by atoms with Crippen LogP contribution in [0.1, 0.15) is 34.3 Å². The molecule has 31 heavy (non-hydrogen) atoms. The smallest absolute Gasteiger partial charge is 0.251 e. The van der Waals surface area contributed by atoms with E-state index in [9.17, 15) is 18.3 Å². The first-order valence-corrected chi connectivity index (χ1v) is 11.5. The molecule has 0 unspecified atom stereocenters. The molecule has 1 aliphatic rings. The van der Waals surface area contributed by atoms with Crippen LogP contribution in [-0.2, 0) is 16.6 Å². The molecule has 0 atom stereocenters. The molecule has 0 aliphatic carbocycles. The van der Waals surface area contributed by atoms with Crippen molar-refractivity contribution >= 4 is 15.9 Å². The van der Waals surface area contributed by atoms with Crippen LogP contribution in [0.4, 0.5) is 0 Å². The minimum atomic E-state index is -3.59. The molecule has 1 saturated heterocycles. The molecule has 2 aromatic rings. The average molecular weight is 449 g/mol. The van der Waals surface area contributed by atoms with Crippen LogP contribution >= 0.6 is 0 Å². The Morgan fingerprint density at radius 3 is 2.16 bits per heavy atom. The normalized spacial score (nSPS) is 15.5. The van der Waals surface area contributed by atoms with Crippen molar-refractivity contribution in [3.05, 3.63) is 53.1 Å². The first kappa shape index (κ1) is 23.1. The second kappa shape index (κ2) is 9.67. The van der Waals surface area contributed by atoms with Crippen LogP contribution < -0.4 is 14.8 Å². The van der Waals surface area contributed by atoms with E-state index < -0.39 is 16.1 Å². The lowest BCUT2D eigenvalue weighted by Crippen LogP contribution is -2.39. The minimum Gasteiger partial charge on any atom is -0.496 e. The summed E-state index contributed by atoms with van der Waals surface area (Å²) >= 11 is 0. The quantitative estimate of drug-likeness (QED) is 0.672. The van der Waals surface area contributed by atoms with Crippen molar-refractivity contribution in [1.82, 2.24) is 9.62 Å². The summed E-state index contributed by atoms with van der Waals surface area (Å²) in [5.41, 5.74) is 1.99. The molecular weight excluding hydrogens is 420 g/mol. The Labute approximate surface area is 182 Å². The van der Waals surface area contributed by atoms with Crippen LogP contribution in [0.3, 0.4) is 0 Å². The minimum absolute atomic E-state index is 0.201. The fourth-order valence-corrected chi connectivity index (χ4v) is 4.98. The maximum absolute atomic E-state index is 12.8. The number of aliphatic hydroxyl groups is 1. The zero-order valence-corrected chi connectivity index (χ0v) is 18.7. The summed E-state index contributed by atoms with van der Waals surface area (Å²) in [7, 11) is -0.523. The van der Waals surface area contributed by atoms with Gasteiger partial charge in [-0.15, -0.1) is 0 Å². The lowest BCUT2D eigenvalue weighted by molar-refractivity contribution is 0.0950. The Bertz CT molecular complexity index is 1000. The molecular formula is C22H28N2O6S. The standard InChI is InChI=1S/C22H28N2O6S/c1-15-20(29-2)12-17(13-21(15)30-3)22(26)23-14-16-4-6-19(7-5-16)31(27,28)24-10-8-18(25)9-11-24/h4-7,12-13,18,25H,8-11,14H2,1-3H3,(H,23,26). The van der Waals surface area contributed by atoms with Gasteiger partial charge in [-0.2, -0.15) is 4.31 Å². The van der Waals surface area contributed by atoms with Crippen LogP contribution in [0, 0.1) is 6.92 Å². The molecule has 168 valence electrons. The van der Waals surface area contributed by atoms with Crippen molar-refractivity contribution in [1.29, 1.82) is 0 Å². The number of benzene rings is 2. The van der Waals surface area contributed by atoms with E-state index in [-0.39, 0.29) is 17.3 Å². The van der Waals surface area contributed by atoms with E-state index in [1.165, 1.54) is 18.5 Å². The van der Waals surface area contributed by atoms with E-state index in [2.05, 4.69) is 5.32 Å². The molecule has 1 fully saturated rings. The molecule has 3 rings (SSSR count). The first-order valence-electron chi connectivity index (χ1n) is 10.0. The van der Waals surface area contributed by atoms with E-state index >= 15 is 0 Å². The van der Waals surface area contributed by atoms with Crippen LogP contribution in [-0.4, -0.2) is 57.1 Å². The third kappa shape index (κ3) is 5.17. The van der Waals surface area contributed by atoms with Gasteiger partial charge in [-0.3, -0.25) is 4.79 Å². The zero-order chi connectivity index (χ0) is 22.6. The zero-order valence-electron chi connectivity index (χ0n) is 17.9. The molecule has 9 heteroatoms. The Morgan fingerprint density at radius 1 is 1.10 bits per heavy atom. The molecule has 1 aliphatic heterocycles. The van der Waals surface area contributed by atoms with E-state index in [4.69, 9.17) is 9.47 Å². The molecule has 2 N–H and O–H groups in total. The van der Waals surface area contributed by atoms with Gasteiger partial charge >= 0.3 is 0 Å². The highest BCUT2D eigenvalue weighted by Gasteiger charge is 2.28. The number of hydrogen-bond acceptors (Lipinski definition) is 6. The third-order valence-corrected chi connectivity index (χ3v) is 7.36. The Morgan fingerprint density at radius 2 is 1.65 bits per heavy atom. The number of hydrogen-bond donors (Lipinski definition) is 2. The highest BCUT2D eigenvalue weighted by atomic mass is 32.2. The Balaban J connectivity index is 1.66. The molecule has 8 nitrogen and oxygen atoms in total. The van der Waals surface area contributed by atoms with Gasteiger partial charge in [0.25, 0.3) is 5.91 Å². The van der Waals surface area contributed by atoms with Crippen molar-refractivity contribution in [3.63, 3.8) is 0 Å². The largest absolute Gasteiger partial charge is 0.496 e. The van der Waals surface area contributed by atoms with Gasteiger partial charge in [0.2, 0.25) is 10.0 Å². The fourth-order valence-electron chi connectivity index (χ4n) is 3.51. The summed E-state index contributed by atoms with van der Waals surface area (Å²) in [5, 5.41) is 12.4. The van der Waals surface area contributed by atoms with Gasteiger partial charge in [0, 0.05) is 30.8 Å². The summed E-state index contributed by atoms with van der Waals surface area (Å²) in [5.74, 6) is 0.828. The number of nitrogens with zero attached hydrogens (tertiary/aromatic N) is 1. The maximum Gasteiger partial charge on any atom is 0.251 e. The Kier molecular flexibility index (Phi) is 7.19. The summed E-state index contributed by atoms with van der Waals surface area (Å²) in [4.78, 5) is 12.8. The van der Waals surface area contributed by atoms with Crippen molar-refractivity contribution in [2.45, 2.75) is 37.3 Å². The van der Waals surface area contributed by atoms with E-state index in [1.807, 2.05) is 6.92 Å². The molecule has 0 saturated carbocycles. The number of carbonyl (C=O) groups is 1. The van der Waals surface area contributed by atoms with Gasteiger partial charge in [0.05, 0.1) is 25.2 Å². The van der Waals surface area contributed by atoms with Gasteiger partial charge in [0.1, 0.15) is 11.5 Å². The van der Waals surface area contributed by atoms with Gasteiger partial charge in [-0.05, 0) is 49.6 Å². The first-order chi connectivity index (χ1) is 14.8. The van der Waals surface area contributed by atoms with E-state index in [0.29, 0.717) is 43.0 Å². The summed E-state index contributed by atoms with van der Waals surface area (Å²) < 4.78 is 37.5. The SMILES string of the molecule is COc1cc(C(=O)NCc2ccc(S(=O)(=O)N3CCC(O)CC3)cc2)cc(OC)c1C. The van der Waals surface area contributed by atoms with Gasteiger partial charge in [-0.1, -0.05) is 12.1 Å². The monoisotopic (exact) mass is 448 g/mol. The van der Waals surface area contributed by atoms with Gasteiger partial charge in [-0.25, -0.2) is 8.42 Å².